The average molecular weight is 309 g/mol. The van der Waals surface area contributed by atoms with Gasteiger partial charge in [-0.1, -0.05) is 67.6 Å². The molecule has 1 aliphatic rings. The molecule has 0 aliphatic carbocycles. The summed E-state index contributed by atoms with van der Waals surface area (Å²) in [5, 5.41) is 9.82. The number of aliphatic hydroxyl groups is 1. The van der Waals surface area contributed by atoms with Crippen LogP contribution < -0.4 is 0 Å². The summed E-state index contributed by atoms with van der Waals surface area (Å²) in [6.45, 7) is 2.70. The number of rotatable bonds is 5. The molecule has 1 aliphatic heterocycles. The van der Waals surface area contributed by atoms with Crippen LogP contribution in [0.15, 0.2) is 60.7 Å². The Hall–Kier alpha value is -2.13. The summed E-state index contributed by atoms with van der Waals surface area (Å²) in [6.07, 6.45) is 1.57. The van der Waals surface area contributed by atoms with E-state index < -0.39 is 0 Å². The van der Waals surface area contributed by atoms with Crippen LogP contribution in [0.1, 0.15) is 30.5 Å². The van der Waals surface area contributed by atoms with E-state index in [1.54, 1.807) is 0 Å². The molecule has 2 atom stereocenters. The molecule has 0 aromatic heterocycles. The maximum Gasteiger partial charge on any atom is 0.229 e. The number of benzene rings is 2. The Morgan fingerprint density at radius 1 is 1.09 bits per heavy atom. The van der Waals surface area contributed by atoms with Crippen LogP contribution in [-0.2, 0) is 11.2 Å². The van der Waals surface area contributed by atoms with Crippen LogP contribution in [0.5, 0.6) is 0 Å². The number of nitrogens with zero attached hydrogens (tertiary/aromatic N) is 1. The normalized spacial score (nSPS) is 22.3. The van der Waals surface area contributed by atoms with Crippen molar-refractivity contribution in [1.82, 2.24) is 4.90 Å². The van der Waals surface area contributed by atoms with E-state index in [9.17, 15) is 9.90 Å². The van der Waals surface area contributed by atoms with Gasteiger partial charge in [0.05, 0.1) is 18.1 Å². The molecule has 0 radical (unpaired) electrons. The molecule has 0 bridgehead atoms. The Balaban J connectivity index is 1.80. The minimum atomic E-state index is -0.385. The van der Waals surface area contributed by atoms with Crippen molar-refractivity contribution in [3.05, 3.63) is 71.8 Å². The third kappa shape index (κ3) is 3.15. The van der Waals surface area contributed by atoms with Gasteiger partial charge in [0, 0.05) is 6.54 Å². The molecule has 1 saturated heterocycles. The molecule has 0 saturated carbocycles. The van der Waals surface area contributed by atoms with Crippen LogP contribution in [0.25, 0.3) is 0 Å². The molecule has 120 valence electrons. The first-order valence-electron chi connectivity index (χ1n) is 8.15. The fourth-order valence-corrected chi connectivity index (χ4v) is 3.49. The average Bonchev–Trinajstić information content (AvgIpc) is 2.86. The first-order chi connectivity index (χ1) is 11.1. The van der Waals surface area contributed by atoms with Crippen LogP contribution in [0, 0.1) is 5.41 Å². The van der Waals surface area contributed by atoms with Gasteiger partial charge in [0.15, 0.2) is 0 Å². The highest BCUT2D eigenvalue weighted by Gasteiger charge is 2.45. The lowest BCUT2D eigenvalue weighted by molar-refractivity contribution is -0.138. The molecule has 1 amide bonds. The first kappa shape index (κ1) is 15.8. The van der Waals surface area contributed by atoms with E-state index >= 15 is 0 Å². The summed E-state index contributed by atoms with van der Waals surface area (Å²) < 4.78 is 0. The second-order valence-corrected chi connectivity index (χ2v) is 6.58. The number of carbonyl (C=O) groups is 1. The Bertz CT molecular complexity index is 656. The highest BCUT2D eigenvalue weighted by molar-refractivity contribution is 5.85. The standard InChI is InChI=1S/C20H23NO2/c1-20(14-16-8-4-2-5-9-16)12-13-21(19(20)23)18(15-22)17-10-6-3-7-11-17/h2-11,18,22H,12-15H2,1H3/t18-,20?/m0/s1. The predicted octanol–water partition coefficient (Wildman–Crippen LogP) is 3.20. The lowest BCUT2D eigenvalue weighted by atomic mass is 9.82. The SMILES string of the molecule is CC1(Cc2ccccc2)CCN([C@@H](CO)c2ccccc2)C1=O. The van der Waals surface area contributed by atoms with Crippen molar-refractivity contribution in [2.75, 3.05) is 13.2 Å². The molecule has 1 unspecified atom stereocenters. The molecule has 2 aromatic carbocycles. The van der Waals surface area contributed by atoms with Crippen molar-refractivity contribution in [3.8, 4) is 0 Å². The van der Waals surface area contributed by atoms with Crippen LogP contribution in [0.3, 0.4) is 0 Å². The lowest BCUT2D eigenvalue weighted by Crippen LogP contribution is -2.38. The topological polar surface area (TPSA) is 40.5 Å². The zero-order chi connectivity index (χ0) is 16.3. The van der Waals surface area contributed by atoms with Crippen LogP contribution >= 0.6 is 0 Å². The van der Waals surface area contributed by atoms with Crippen molar-refractivity contribution < 1.29 is 9.90 Å². The van der Waals surface area contributed by atoms with Gasteiger partial charge in [-0.25, -0.2) is 0 Å². The second-order valence-electron chi connectivity index (χ2n) is 6.58. The van der Waals surface area contributed by atoms with Crippen molar-refractivity contribution >= 4 is 5.91 Å². The fourth-order valence-electron chi connectivity index (χ4n) is 3.49. The number of aliphatic hydroxyl groups excluding tert-OH is 1. The number of hydrogen-bond donors (Lipinski definition) is 1. The second kappa shape index (κ2) is 6.55. The number of likely N-dealkylation sites (tertiary alicyclic amines) is 1. The highest BCUT2D eigenvalue weighted by Crippen LogP contribution is 2.39. The molecule has 3 rings (SSSR count). The maximum atomic E-state index is 13.0. The van der Waals surface area contributed by atoms with Gasteiger partial charge in [-0.2, -0.15) is 0 Å². The smallest absolute Gasteiger partial charge is 0.229 e. The van der Waals surface area contributed by atoms with Crippen molar-refractivity contribution in [3.63, 3.8) is 0 Å². The molecule has 3 heteroatoms. The van der Waals surface area contributed by atoms with Crippen LogP contribution in [0.4, 0.5) is 0 Å². The number of amides is 1. The van der Waals surface area contributed by atoms with Crippen molar-refractivity contribution in [1.29, 1.82) is 0 Å². The van der Waals surface area contributed by atoms with Gasteiger partial charge in [0.25, 0.3) is 0 Å². The van der Waals surface area contributed by atoms with E-state index in [1.807, 2.05) is 60.4 Å². The summed E-state index contributed by atoms with van der Waals surface area (Å²) in [6, 6.07) is 19.7. The zero-order valence-corrected chi connectivity index (χ0v) is 13.5. The van der Waals surface area contributed by atoms with Gasteiger partial charge in [-0.15, -0.1) is 0 Å². The van der Waals surface area contributed by atoms with Gasteiger partial charge in [-0.05, 0) is 24.0 Å². The molecule has 0 spiro atoms. The summed E-state index contributed by atoms with van der Waals surface area (Å²) in [5.41, 5.74) is 1.79. The molecule has 23 heavy (non-hydrogen) atoms. The summed E-state index contributed by atoms with van der Waals surface area (Å²) in [7, 11) is 0. The minimum Gasteiger partial charge on any atom is -0.394 e. The Kier molecular flexibility index (Phi) is 4.49. The summed E-state index contributed by atoms with van der Waals surface area (Å²) in [5.74, 6) is 0.143. The maximum absolute atomic E-state index is 13.0. The predicted molar refractivity (Wildman–Crippen MR) is 90.9 cm³/mol. The van der Waals surface area contributed by atoms with E-state index in [0.717, 1.165) is 18.4 Å². The van der Waals surface area contributed by atoms with Crippen LogP contribution in [0.2, 0.25) is 0 Å². The summed E-state index contributed by atoms with van der Waals surface area (Å²) >= 11 is 0. The summed E-state index contributed by atoms with van der Waals surface area (Å²) in [4.78, 5) is 14.9. The molecule has 3 nitrogen and oxygen atoms in total. The molecule has 1 heterocycles. The van der Waals surface area contributed by atoms with Gasteiger partial charge in [0.1, 0.15) is 0 Å². The Morgan fingerprint density at radius 3 is 2.30 bits per heavy atom. The first-order valence-corrected chi connectivity index (χ1v) is 8.15. The van der Waals surface area contributed by atoms with E-state index in [4.69, 9.17) is 0 Å². The Morgan fingerprint density at radius 2 is 1.70 bits per heavy atom. The molecule has 1 N–H and O–H groups in total. The highest BCUT2D eigenvalue weighted by atomic mass is 16.3. The molecular formula is C20H23NO2. The zero-order valence-electron chi connectivity index (χ0n) is 13.5. The third-order valence-corrected chi connectivity index (χ3v) is 4.85. The van der Waals surface area contributed by atoms with Gasteiger partial charge in [0.2, 0.25) is 5.91 Å². The largest absolute Gasteiger partial charge is 0.394 e. The Labute approximate surface area is 137 Å². The van der Waals surface area contributed by atoms with E-state index in [1.165, 1.54) is 5.56 Å². The molecule has 2 aromatic rings. The van der Waals surface area contributed by atoms with Gasteiger partial charge in [-0.3, -0.25) is 4.79 Å². The van der Waals surface area contributed by atoms with Gasteiger partial charge >= 0.3 is 0 Å². The molecule has 1 fully saturated rings. The quantitative estimate of drug-likeness (QED) is 0.921. The number of carbonyl (C=O) groups excluding carboxylic acids is 1. The van der Waals surface area contributed by atoms with Crippen molar-refractivity contribution in [2.45, 2.75) is 25.8 Å². The molecular weight excluding hydrogens is 286 g/mol. The number of hydrogen-bond acceptors (Lipinski definition) is 2. The van der Waals surface area contributed by atoms with Crippen molar-refractivity contribution in [2.24, 2.45) is 5.41 Å². The minimum absolute atomic E-state index is 0.0445. The van der Waals surface area contributed by atoms with Crippen LogP contribution in [-0.4, -0.2) is 29.1 Å². The van der Waals surface area contributed by atoms with E-state index in [2.05, 4.69) is 12.1 Å². The monoisotopic (exact) mass is 309 g/mol. The lowest BCUT2D eigenvalue weighted by Gasteiger charge is -2.29. The fraction of sp³-hybridized carbons (Fsp3) is 0.350. The van der Waals surface area contributed by atoms with E-state index in [-0.39, 0.29) is 24.0 Å². The third-order valence-electron chi connectivity index (χ3n) is 4.85. The van der Waals surface area contributed by atoms with Gasteiger partial charge < -0.3 is 10.0 Å². The van der Waals surface area contributed by atoms with E-state index in [0.29, 0.717) is 6.54 Å².